The van der Waals surface area contributed by atoms with Crippen LogP contribution in [0.25, 0.3) is 10.6 Å². The van der Waals surface area contributed by atoms with E-state index in [1.165, 1.54) is 5.56 Å². The second-order valence-electron chi connectivity index (χ2n) is 5.36. The highest BCUT2D eigenvalue weighted by Crippen LogP contribution is 2.28. The largest absolute Gasteiger partial charge is 0.303 e. The molecule has 0 aliphatic heterocycles. The molecule has 0 unspecified atom stereocenters. The third-order valence-electron chi connectivity index (χ3n) is 3.35. The predicted molar refractivity (Wildman–Crippen MR) is 81.5 cm³/mol. The van der Waals surface area contributed by atoms with Gasteiger partial charge < -0.3 is 4.90 Å². The van der Waals surface area contributed by atoms with Crippen molar-refractivity contribution in [3.05, 3.63) is 34.8 Å². The van der Waals surface area contributed by atoms with E-state index in [4.69, 9.17) is 0 Å². The van der Waals surface area contributed by atoms with Gasteiger partial charge in [0.1, 0.15) is 10.0 Å². The van der Waals surface area contributed by atoms with Crippen molar-refractivity contribution >= 4 is 11.3 Å². The van der Waals surface area contributed by atoms with Crippen LogP contribution in [0.3, 0.4) is 0 Å². The highest BCUT2D eigenvalue weighted by molar-refractivity contribution is 7.14. The Morgan fingerprint density at radius 3 is 2.11 bits per heavy atom. The van der Waals surface area contributed by atoms with E-state index in [2.05, 4.69) is 74.2 Å². The van der Waals surface area contributed by atoms with Gasteiger partial charge in [0.05, 0.1) is 0 Å². The van der Waals surface area contributed by atoms with Gasteiger partial charge in [-0.05, 0) is 26.6 Å². The monoisotopic (exact) mass is 275 g/mol. The number of nitrogens with zero attached hydrogens (tertiary/aromatic N) is 3. The molecule has 0 amide bonds. The number of aromatic nitrogens is 2. The number of hydrogen-bond donors (Lipinski definition) is 0. The normalized spacial score (nSPS) is 13.2. The van der Waals surface area contributed by atoms with E-state index in [1.54, 1.807) is 11.3 Å². The molecule has 2 rings (SSSR count). The van der Waals surface area contributed by atoms with Crippen LogP contribution < -0.4 is 0 Å². The Labute approximate surface area is 119 Å². The van der Waals surface area contributed by atoms with Crippen LogP contribution in [0.2, 0.25) is 0 Å². The van der Waals surface area contributed by atoms with Crippen LogP contribution in [-0.2, 0) is 0 Å². The Morgan fingerprint density at radius 2 is 1.63 bits per heavy atom. The van der Waals surface area contributed by atoms with Gasteiger partial charge in [0.2, 0.25) is 0 Å². The first-order valence-corrected chi connectivity index (χ1v) is 7.41. The van der Waals surface area contributed by atoms with Crippen LogP contribution >= 0.6 is 11.3 Å². The second kappa shape index (κ2) is 5.80. The summed E-state index contributed by atoms with van der Waals surface area (Å²) in [7, 11) is 4.19. The molecule has 0 aliphatic rings. The standard InChI is InChI=1S/C15H21N3S/c1-10(2)14-16-17-15(19-14)13-8-6-12(7-9-13)11(3)18(4)5/h6-11H,1-5H3/t11-/m0/s1. The molecule has 1 atom stereocenters. The molecule has 0 saturated carbocycles. The maximum absolute atomic E-state index is 4.28. The van der Waals surface area contributed by atoms with E-state index in [9.17, 15) is 0 Å². The Bertz CT molecular complexity index is 529. The van der Waals surface area contributed by atoms with E-state index < -0.39 is 0 Å². The summed E-state index contributed by atoms with van der Waals surface area (Å²) < 4.78 is 0. The first-order valence-electron chi connectivity index (χ1n) is 6.59. The molecule has 0 N–H and O–H groups in total. The van der Waals surface area contributed by atoms with Gasteiger partial charge in [-0.2, -0.15) is 0 Å². The van der Waals surface area contributed by atoms with Gasteiger partial charge in [-0.25, -0.2) is 0 Å². The van der Waals surface area contributed by atoms with Gasteiger partial charge >= 0.3 is 0 Å². The molecular weight excluding hydrogens is 254 g/mol. The molecule has 0 spiro atoms. The number of benzene rings is 1. The minimum absolute atomic E-state index is 0.426. The highest BCUT2D eigenvalue weighted by Gasteiger charge is 2.11. The molecule has 19 heavy (non-hydrogen) atoms. The summed E-state index contributed by atoms with van der Waals surface area (Å²) in [6, 6.07) is 9.06. The van der Waals surface area contributed by atoms with E-state index in [1.807, 2.05) is 0 Å². The van der Waals surface area contributed by atoms with E-state index in [0.29, 0.717) is 12.0 Å². The summed E-state index contributed by atoms with van der Waals surface area (Å²) in [6.45, 7) is 6.50. The lowest BCUT2D eigenvalue weighted by Gasteiger charge is -2.20. The topological polar surface area (TPSA) is 29.0 Å². The molecule has 3 nitrogen and oxygen atoms in total. The summed E-state index contributed by atoms with van der Waals surface area (Å²) in [5.74, 6) is 0.444. The van der Waals surface area contributed by atoms with Crippen molar-refractivity contribution in [2.45, 2.75) is 32.7 Å². The van der Waals surface area contributed by atoms with E-state index >= 15 is 0 Å². The molecule has 1 aromatic heterocycles. The minimum atomic E-state index is 0.426. The SMILES string of the molecule is CC(C)c1nnc(-c2ccc([C@H](C)N(C)C)cc2)s1. The van der Waals surface area contributed by atoms with Crippen molar-refractivity contribution in [3.63, 3.8) is 0 Å². The van der Waals surface area contributed by atoms with Gasteiger partial charge in [0, 0.05) is 17.5 Å². The zero-order valence-corrected chi connectivity index (χ0v) is 13.0. The molecule has 0 radical (unpaired) electrons. The highest BCUT2D eigenvalue weighted by atomic mass is 32.1. The maximum Gasteiger partial charge on any atom is 0.147 e. The van der Waals surface area contributed by atoms with Crippen molar-refractivity contribution in [1.29, 1.82) is 0 Å². The summed E-state index contributed by atoms with van der Waals surface area (Å²) in [4.78, 5) is 2.21. The van der Waals surface area contributed by atoms with Crippen LogP contribution in [0, 0.1) is 0 Å². The third kappa shape index (κ3) is 3.19. The van der Waals surface area contributed by atoms with Crippen molar-refractivity contribution in [3.8, 4) is 10.6 Å². The van der Waals surface area contributed by atoms with Crippen LogP contribution in [0.15, 0.2) is 24.3 Å². The minimum Gasteiger partial charge on any atom is -0.303 e. The average Bonchev–Trinajstić information content (AvgIpc) is 2.87. The van der Waals surface area contributed by atoms with Crippen molar-refractivity contribution in [2.75, 3.05) is 14.1 Å². The number of rotatable bonds is 4. The first-order chi connectivity index (χ1) is 8.99. The van der Waals surface area contributed by atoms with Crippen LogP contribution in [-0.4, -0.2) is 29.2 Å². The fourth-order valence-electron chi connectivity index (χ4n) is 1.79. The van der Waals surface area contributed by atoms with Crippen LogP contribution in [0.4, 0.5) is 0 Å². The van der Waals surface area contributed by atoms with Crippen molar-refractivity contribution in [1.82, 2.24) is 15.1 Å². The zero-order chi connectivity index (χ0) is 14.0. The van der Waals surface area contributed by atoms with E-state index in [-0.39, 0.29) is 0 Å². The lowest BCUT2D eigenvalue weighted by molar-refractivity contribution is 0.321. The summed E-state index contributed by atoms with van der Waals surface area (Å²) in [6.07, 6.45) is 0. The fourth-order valence-corrected chi connectivity index (χ4v) is 2.64. The molecule has 0 saturated heterocycles. The Balaban J connectivity index is 2.22. The maximum atomic E-state index is 4.28. The van der Waals surface area contributed by atoms with Crippen molar-refractivity contribution in [2.24, 2.45) is 0 Å². The molecule has 1 aromatic carbocycles. The first kappa shape index (κ1) is 14.2. The third-order valence-corrected chi connectivity index (χ3v) is 4.62. The van der Waals surface area contributed by atoms with Crippen LogP contribution in [0.5, 0.6) is 0 Å². The average molecular weight is 275 g/mol. The molecule has 1 heterocycles. The lowest BCUT2D eigenvalue weighted by atomic mass is 10.1. The zero-order valence-electron chi connectivity index (χ0n) is 12.2. The van der Waals surface area contributed by atoms with Crippen molar-refractivity contribution < 1.29 is 0 Å². The predicted octanol–water partition coefficient (Wildman–Crippen LogP) is 3.95. The summed E-state index contributed by atoms with van der Waals surface area (Å²) in [5.41, 5.74) is 2.47. The number of hydrogen-bond acceptors (Lipinski definition) is 4. The fraction of sp³-hybridized carbons (Fsp3) is 0.467. The van der Waals surface area contributed by atoms with E-state index in [0.717, 1.165) is 15.6 Å². The lowest BCUT2D eigenvalue weighted by Crippen LogP contribution is -2.16. The molecule has 102 valence electrons. The Hall–Kier alpha value is -1.26. The second-order valence-corrected chi connectivity index (χ2v) is 6.37. The smallest absolute Gasteiger partial charge is 0.147 e. The van der Waals surface area contributed by atoms with Gasteiger partial charge in [0.25, 0.3) is 0 Å². The summed E-state index contributed by atoms with van der Waals surface area (Å²) >= 11 is 1.68. The molecule has 0 bridgehead atoms. The molecule has 0 aliphatic carbocycles. The Morgan fingerprint density at radius 1 is 1.00 bits per heavy atom. The molecular formula is C15H21N3S. The molecule has 2 aromatic rings. The van der Waals surface area contributed by atoms with Gasteiger partial charge in [-0.1, -0.05) is 49.4 Å². The van der Waals surface area contributed by atoms with Crippen LogP contribution in [0.1, 0.15) is 43.3 Å². The Kier molecular flexibility index (Phi) is 4.32. The molecule has 4 heteroatoms. The molecule has 0 fully saturated rings. The quantitative estimate of drug-likeness (QED) is 0.846. The van der Waals surface area contributed by atoms with Gasteiger partial charge in [-0.3, -0.25) is 0 Å². The summed E-state index contributed by atoms with van der Waals surface area (Å²) in [5, 5.41) is 10.6. The van der Waals surface area contributed by atoms with Gasteiger partial charge in [-0.15, -0.1) is 10.2 Å². The van der Waals surface area contributed by atoms with Gasteiger partial charge in [0.15, 0.2) is 0 Å².